The second-order valence-electron chi connectivity index (χ2n) is 6.40. The number of fused-ring (bicyclic) bond motifs is 1. The number of carbonyl (C=O) groups excluding carboxylic acids is 1. The molecule has 0 radical (unpaired) electrons. The molecule has 2 heterocycles. The van der Waals surface area contributed by atoms with E-state index in [0.29, 0.717) is 40.2 Å². The third-order valence-electron chi connectivity index (χ3n) is 4.21. The summed E-state index contributed by atoms with van der Waals surface area (Å²) in [6.07, 6.45) is 2.20. The van der Waals surface area contributed by atoms with E-state index in [-0.39, 0.29) is 11.2 Å². The maximum absolute atomic E-state index is 12.9. The maximum atomic E-state index is 12.9. The van der Waals surface area contributed by atoms with E-state index in [2.05, 4.69) is 25.3 Å². The molecule has 0 bridgehead atoms. The van der Waals surface area contributed by atoms with Crippen LogP contribution in [0.4, 0.5) is 11.6 Å². The molecule has 154 valence electrons. The van der Waals surface area contributed by atoms with Gasteiger partial charge in [-0.2, -0.15) is 4.98 Å². The van der Waals surface area contributed by atoms with Gasteiger partial charge in [0.25, 0.3) is 0 Å². The molecule has 0 saturated carbocycles. The van der Waals surface area contributed by atoms with Gasteiger partial charge in [-0.15, -0.1) is 0 Å². The average Bonchev–Trinajstić information content (AvgIpc) is 3.20. The van der Waals surface area contributed by atoms with Crippen molar-refractivity contribution >= 4 is 40.5 Å². The molecule has 3 rings (SSSR count). The Kier molecular flexibility index (Phi) is 6.42. The Hall–Kier alpha value is -3.01. The van der Waals surface area contributed by atoms with Crippen LogP contribution in [-0.2, 0) is 4.79 Å². The van der Waals surface area contributed by atoms with Crippen molar-refractivity contribution in [2.24, 2.45) is 0 Å². The predicted molar refractivity (Wildman–Crippen MR) is 114 cm³/mol. The van der Waals surface area contributed by atoms with Gasteiger partial charge in [0.2, 0.25) is 11.9 Å². The quantitative estimate of drug-likeness (QED) is 0.427. The van der Waals surface area contributed by atoms with Crippen LogP contribution in [0.15, 0.2) is 29.6 Å². The molecule has 1 atom stereocenters. The highest BCUT2D eigenvalue weighted by molar-refractivity contribution is 8.00. The summed E-state index contributed by atoms with van der Waals surface area (Å²) in [5, 5.41) is 3.28. The summed E-state index contributed by atoms with van der Waals surface area (Å²) in [6, 6.07) is 5.26. The molecule has 29 heavy (non-hydrogen) atoms. The van der Waals surface area contributed by atoms with E-state index in [9.17, 15) is 4.79 Å². The van der Waals surface area contributed by atoms with Crippen molar-refractivity contribution < 1.29 is 14.3 Å². The number of hydrogen-bond acceptors (Lipinski definition) is 8. The molecule has 9 nitrogen and oxygen atoms in total. The average molecular weight is 417 g/mol. The van der Waals surface area contributed by atoms with Crippen LogP contribution in [0.5, 0.6) is 11.5 Å². The van der Waals surface area contributed by atoms with Crippen molar-refractivity contribution in [2.45, 2.75) is 23.6 Å². The van der Waals surface area contributed by atoms with Crippen molar-refractivity contribution in [1.82, 2.24) is 19.9 Å². The smallest absolute Gasteiger partial charge is 0.237 e. The van der Waals surface area contributed by atoms with Crippen LogP contribution < -0.4 is 19.7 Å². The van der Waals surface area contributed by atoms with Gasteiger partial charge >= 0.3 is 0 Å². The van der Waals surface area contributed by atoms with Gasteiger partial charge in [-0.3, -0.25) is 4.79 Å². The normalized spacial score (nSPS) is 11.9. The summed E-state index contributed by atoms with van der Waals surface area (Å²) in [5.74, 6) is 1.58. The minimum absolute atomic E-state index is 0.123. The van der Waals surface area contributed by atoms with Crippen molar-refractivity contribution in [1.29, 1.82) is 0 Å². The third kappa shape index (κ3) is 4.53. The van der Waals surface area contributed by atoms with Crippen LogP contribution >= 0.6 is 11.8 Å². The Morgan fingerprint density at radius 1 is 1.24 bits per heavy atom. The Labute approximate surface area is 173 Å². The highest BCUT2D eigenvalue weighted by Crippen LogP contribution is 2.32. The number of anilines is 2. The number of methoxy groups -OCH3 is 2. The molecule has 1 aromatic carbocycles. The van der Waals surface area contributed by atoms with Gasteiger partial charge in [-0.05, 0) is 18.6 Å². The van der Waals surface area contributed by atoms with Crippen molar-refractivity contribution in [2.75, 3.05) is 38.5 Å². The van der Waals surface area contributed by atoms with Gasteiger partial charge in [0.05, 0.1) is 25.8 Å². The van der Waals surface area contributed by atoms with Crippen LogP contribution in [0.1, 0.15) is 13.3 Å². The molecule has 0 saturated heterocycles. The number of imidazole rings is 1. The number of carbonyl (C=O) groups is 1. The zero-order valence-corrected chi connectivity index (χ0v) is 17.8. The lowest BCUT2D eigenvalue weighted by Gasteiger charge is -2.17. The number of benzene rings is 1. The molecular weight excluding hydrogens is 392 g/mol. The van der Waals surface area contributed by atoms with Gasteiger partial charge in [0, 0.05) is 25.8 Å². The van der Waals surface area contributed by atoms with E-state index in [1.54, 1.807) is 38.7 Å². The van der Waals surface area contributed by atoms with Gasteiger partial charge in [0.15, 0.2) is 17.1 Å². The van der Waals surface area contributed by atoms with Gasteiger partial charge in [0.1, 0.15) is 10.5 Å². The first-order valence-electron chi connectivity index (χ1n) is 9.04. The molecule has 3 aromatic rings. The van der Waals surface area contributed by atoms with Crippen LogP contribution in [0.2, 0.25) is 0 Å². The Balaban J connectivity index is 1.82. The predicted octanol–water partition coefficient (Wildman–Crippen LogP) is 2.95. The number of amides is 1. The van der Waals surface area contributed by atoms with Crippen molar-refractivity contribution in [3.05, 3.63) is 24.5 Å². The first-order chi connectivity index (χ1) is 14.0. The third-order valence-corrected chi connectivity index (χ3v) is 5.56. The monoisotopic (exact) mass is 416 g/mol. The van der Waals surface area contributed by atoms with E-state index in [1.807, 2.05) is 25.9 Å². The molecule has 2 aromatic heterocycles. The van der Waals surface area contributed by atoms with E-state index in [1.165, 1.54) is 11.8 Å². The van der Waals surface area contributed by atoms with Gasteiger partial charge in [-0.25, -0.2) is 9.97 Å². The minimum atomic E-state index is -0.348. The lowest BCUT2D eigenvalue weighted by Crippen LogP contribution is -2.25. The first-order valence-corrected chi connectivity index (χ1v) is 9.92. The molecule has 1 amide bonds. The highest BCUT2D eigenvalue weighted by Gasteiger charge is 2.22. The SMILES string of the molecule is CC[C@@H](Sc1nc(N(C)C)nc2nc[nH]c12)C(=O)Nc1ccc(OC)c(OC)c1. The number of ether oxygens (including phenoxy) is 2. The number of aromatic nitrogens is 4. The maximum Gasteiger partial charge on any atom is 0.237 e. The summed E-state index contributed by atoms with van der Waals surface area (Å²) >= 11 is 1.38. The number of hydrogen-bond donors (Lipinski definition) is 2. The summed E-state index contributed by atoms with van der Waals surface area (Å²) in [7, 11) is 6.85. The molecule has 0 aliphatic carbocycles. The number of H-pyrrole nitrogens is 1. The molecule has 0 aliphatic rings. The standard InChI is InChI=1S/C19H24N6O3S/c1-6-14(17(26)22-11-7-8-12(27-4)13(9-11)28-5)29-18-15-16(21-10-20-15)23-19(24-18)25(2)3/h7-10,14H,6H2,1-5H3,(H,22,26)(H,20,21,23,24)/t14-/m1/s1. The van der Waals surface area contributed by atoms with E-state index < -0.39 is 0 Å². The second-order valence-corrected chi connectivity index (χ2v) is 7.59. The van der Waals surface area contributed by atoms with Crippen LogP contribution in [0.25, 0.3) is 11.2 Å². The summed E-state index contributed by atoms with van der Waals surface area (Å²) in [4.78, 5) is 31.0. The Morgan fingerprint density at radius 2 is 2.00 bits per heavy atom. The number of rotatable bonds is 8. The van der Waals surface area contributed by atoms with Crippen molar-refractivity contribution in [3.8, 4) is 11.5 Å². The van der Waals surface area contributed by atoms with E-state index in [4.69, 9.17) is 9.47 Å². The zero-order valence-electron chi connectivity index (χ0n) is 17.0. The Bertz CT molecular complexity index is 1010. The molecule has 2 N–H and O–H groups in total. The number of thioether (sulfide) groups is 1. The molecule has 10 heteroatoms. The van der Waals surface area contributed by atoms with Gasteiger partial charge in [-0.1, -0.05) is 18.7 Å². The van der Waals surface area contributed by atoms with Crippen LogP contribution in [0, 0.1) is 0 Å². The molecule has 0 spiro atoms. The first kappa shape index (κ1) is 20.7. The van der Waals surface area contributed by atoms with Gasteiger partial charge < -0.3 is 24.7 Å². The summed E-state index contributed by atoms with van der Waals surface area (Å²) in [6.45, 7) is 1.96. The lowest BCUT2D eigenvalue weighted by molar-refractivity contribution is -0.115. The van der Waals surface area contributed by atoms with Crippen molar-refractivity contribution in [3.63, 3.8) is 0 Å². The second kappa shape index (κ2) is 8.99. The molecule has 0 aliphatic heterocycles. The van der Waals surface area contributed by atoms with E-state index >= 15 is 0 Å². The Morgan fingerprint density at radius 3 is 2.66 bits per heavy atom. The largest absolute Gasteiger partial charge is 0.493 e. The molecular formula is C19H24N6O3S. The molecule has 0 fully saturated rings. The fourth-order valence-corrected chi connectivity index (χ4v) is 3.68. The number of nitrogens with zero attached hydrogens (tertiary/aromatic N) is 4. The minimum Gasteiger partial charge on any atom is -0.493 e. The van der Waals surface area contributed by atoms with Crippen LogP contribution in [-0.4, -0.2) is 59.4 Å². The molecule has 0 unspecified atom stereocenters. The summed E-state index contributed by atoms with van der Waals surface area (Å²) in [5.41, 5.74) is 1.93. The number of nitrogens with one attached hydrogen (secondary N) is 2. The fourth-order valence-electron chi connectivity index (χ4n) is 2.67. The van der Waals surface area contributed by atoms with Crippen LogP contribution in [0.3, 0.4) is 0 Å². The zero-order chi connectivity index (χ0) is 21.0. The topological polar surface area (TPSA) is 105 Å². The van der Waals surface area contributed by atoms with E-state index in [0.717, 1.165) is 5.52 Å². The highest BCUT2D eigenvalue weighted by atomic mass is 32.2. The fraction of sp³-hybridized carbons (Fsp3) is 0.368. The summed E-state index contributed by atoms with van der Waals surface area (Å²) < 4.78 is 10.5. The number of aromatic amines is 1. The lowest BCUT2D eigenvalue weighted by atomic mass is 10.2.